The third kappa shape index (κ3) is 5.04. The standard InChI is InChI=1S/C17H19ClO4/c1-2-20-13-4-6-14(7-5-13)21-10-3-11-22-15-8-9-17(19)16(18)12-15/h4-9,12,19H,2-3,10-11H2,1H3. The van der Waals surface area contributed by atoms with Gasteiger partial charge in [-0.05, 0) is 43.3 Å². The molecule has 2 rings (SSSR count). The lowest BCUT2D eigenvalue weighted by atomic mass is 10.3. The van der Waals surface area contributed by atoms with Gasteiger partial charge in [0.15, 0.2) is 0 Å². The van der Waals surface area contributed by atoms with Gasteiger partial charge in [-0.2, -0.15) is 0 Å². The number of phenols is 1. The zero-order chi connectivity index (χ0) is 15.8. The molecule has 0 saturated heterocycles. The highest BCUT2D eigenvalue weighted by Crippen LogP contribution is 2.27. The molecule has 0 unspecified atom stereocenters. The van der Waals surface area contributed by atoms with Crippen molar-refractivity contribution in [2.24, 2.45) is 0 Å². The number of hydrogen-bond acceptors (Lipinski definition) is 4. The van der Waals surface area contributed by atoms with Crippen LogP contribution in [0.2, 0.25) is 5.02 Å². The van der Waals surface area contributed by atoms with Crippen molar-refractivity contribution in [3.05, 3.63) is 47.5 Å². The summed E-state index contributed by atoms with van der Waals surface area (Å²) in [6, 6.07) is 12.3. The van der Waals surface area contributed by atoms with Gasteiger partial charge in [0.2, 0.25) is 0 Å². The minimum atomic E-state index is 0.0489. The predicted molar refractivity (Wildman–Crippen MR) is 86.3 cm³/mol. The van der Waals surface area contributed by atoms with Crippen LogP contribution in [0.4, 0.5) is 0 Å². The van der Waals surface area contributed by atoms with Crippen LogP contribution in [0.15, 0.2) is 42.5 Å². The van der Waals surface area contributed by atoms with Crippen molar-refractivity contribution in [2.45, 2.75) is 13.3 Å². The van der Waals surface area contributed by atoms with Gasteiger partial charge in [-0.3, -0.25) is 0 Å². The average molecular weight is 323 g/mol. The van der Waals surface area contributed by atoms with Crippen molar-refractivity contribution in [1.29, 1.82) is 0 Å². The van der Waals surface area contributed by atoms with E-state index in [1.165, 1.54) is 6.07 Å². The van der Waals surface area contributed by atoms with Gasteiger partial charge in [-0.1, -0.05) is 11.6 Å². The quantitative estimate of drug-likeness (QED) is 0.736. The summed E-state index contributed by atoms with van der Waals surface area (Å²) in [5, 5.41) is 9.60. The van der Waals surface area contributed by atoms with Crippen LogP contribution in [0.25, 0.3) is 0 Å². The third-order valence-corrected chi connectivity index (χ3v) is 3.18. The fourth-order valence-corrected chi connectivity index (χ4v) is 1.99. The van der Waals surface area contributed by atoms with Gasteiger partial charge in [0.05, 0.1) is 24.8 Å². The van der Waals surface area contributed by atoms with Crippen LogP contribution in [0.3, 0.4) is 0 Å². The second-order valence-corrected chi connectivity index (χ2v) is 4.98. The first-order valence-electron chi connectivity index (χ1n) is 7.16. The van der Waals surface area contributed by atoms with Gasteiger partial charge >= 0.3 is 0 Å². The Bertz CT molecular complexity index is 584. The highest BCUT2D eigenvalue weighted by atomic mass is 35.5. The topological polar surface area (TPSA) is 47.9 Å². The molecule has 118 valence electrons. The summed E-state index contributed by atoms with van der Waals surface area (Å²) in [6.07, 6.45) is 0.742. The number of rotatable bonds is 8. The van der Waals surface area contributed by atoms with Crippen molar-refractivity contribution < 1.29 is 19.3 Å². The van der Waals surface area contributed by atoms with E-state index in [1.807, 2.05) is 31.2 Å². The Kier molecular flexibility index (Phi) is 6.22. The van der Waals surface area contributed by atoms with E-state index in [4.69, 9.17) is 25.8 Å². The highest BCUT2D eigenvalue weighted by molar-refractivity contribution is 6.32. The molecule has 0 amide bonds. The number of hydrogen-bond donors (Lipinski definition) is 1. The zero-order valence-electron chi connectivity index (χ0n) is 12.4. The maximum absolute atomic E-state index is 9.32. The molecule has 2 aromatic carbocycles. The van der Waals surface area contributed by atoms with Crippen molar-refractivity contribution in [1.82, 2.24) is 0 Å². The molecule has 22 heavy (non-hydrogen) atoms. The summed E-state index contributed by atoms with van der Waals surface area (Å²) in [7, 11) is 0. The van der Waals surface area contributed by atoms with Crippen LogP contribution in [0.5, 0.6) is 23.0 Å². The second kappa shape index (κ2) is 8.39. The Labute approximate surface area is 135 Å². The first-order chi connectivity index (χ1) is 10.7. The van der Waals surface area contributed by atoms with E-state index < -0.39 is 0 Å². The van der Waals surface area contributed by atoms with Gasteiger partial charge in [0.25, 0.3) is 0 Å². The molecule has 0 bridgehead atoms. The van der Waals surface area contributed by atoms with Gasteiger partial charge < -0.3 is 19.3 Å². The van der Waals surface area contributed by atoms with Crippen LogP contribution in [0.1, 0.15) is 13.3 Å². The van der Waals surface area contributed by atoms with Crippen molar-refractivity contribution in [3.63, 3.8) is 0 Å². The van der Waals surface area contributed by atoms with E-state index in [9.17, 15) is 5.11 Å². The van der Waals surface area contributed by atoms with E-state index >= 15 is 0 Å². The molecule has 0 aliphatic heterocycles. The zero-order valence-corrected chi connectivity index (χ0v) is 13.2. The lowest BCUT2D eigenvalue weighted by Crippen LogP contribution is -2.05. The van der Waals surface area contributed by atoms with Gasteiger partial charge in [-0.15, -0.1) is 0 Å². The van der Waals surface area contributed by atoms with Crippen LogP contribution in [-0.4, -0.2) is 24.9 Å². The summed E-state index contributed by atoms with van der Waals surface area (Å²) >= 11 is 5.80. The van der Waals surface area contributed by atoms with Crippen molar-refractivity contribution in [3.8, 4) is 23.0 Å². The maximum Gasteiger partial charge on any atom is 0.134 e. The molecular weight excluding hydrogens is 304 g/mol. The van der Waals surface area contributed by atoms with E-state index in [0.29, 0.717) is 25.6 Å². The molecular formula is C17H19ClO4. The molecule has 0 radical (unpaired) electrons. The van der Waals surface area contributed by atoms with Gasteiger partial charge in [0.1, 0.15) is 23.0 Å². The lowest BCUT2D eigenvalue weighted by Gasteiger charge is -2.09. The minimum Gasteiger partial charge on any atom is -0.506 e. The molecule has 0 fully saturated rings. The van der Waals surface area contributed by atoms with Crippen molar-refractivity contribution in [2.75, 3.05) is 19.8 Å². The lowest BCUT2D eigenvalue weighted by molar-refractivity contribution is 0.247. The second-order valence-electron chi connectivity index (χ2n) is 4.57. The SMILES string of the molecule is CCOc1ccc(OCCCOc2ccc(O)c(Cl)c2)cc1. The summed E-state index contributed by atoms with van der Waals surface area (Å²) in [5.41, 5.74) is 0. The Hall–Kier alpha value is -2.07. The summed E-state index contributed by atoms with van der Waals surface area (Å²) < 4.78 is 16.5. The molecule has 0 saturated carbocycles. The summed E-state index contributed by atoms with van der Waals surface area (Å²) in [6.45, 7) is 3.67. The van der Waals surface area contributed by atoms with E-state index in [-0.39, 0.29) is 10.8 Å². The van der Waals surface area contributed by atoms with Crippen molar-refractivity contribution >= 4 is 11.6 Å². The fourth-order valence-electron chi connectivity index (χ4n) is 1.82. The number of benzene rings is 2. The van der Waals surface area contributed by atoms with E-state index in [1.54, 1.807) is 12.1 Å². The third-order valence-electron chi connectivity index (χ3n) is 2.88. The Morgan fingerprint density at radius 3 is 2.00 bits per heavy atom. The number of phenolic OH excluding ortho intramolecular Hbond substituents is 1. The smallest absolute Gasteiger partial charge is 0.134 e. The van der Waals surface area contributed by atoms with E-state index in [0.717, 1.165) is 17.9 Å². The first-order valence-corrected chi connectivity index (χ1v) is 7.54. The van der Waals surface area contributed by atoms with Crippen LogP contribution in [-0.2, 0) is 0 Å². The Balaban J connectivity index is 1.67. The molecule has 0 atom stereocenters. The normalized spacial score (nSPS) is 10.3. The summed E-state index contributed by atoms with van der Waals surface area (Å²) in [5.74, 6) is 2.32. The summed E-state index contributed by atoms with van der Waals surface area (Å²) in [4.78, 5) is 0. The molecule has 0 aromatic heterocycles. The van der Waals surface area contributed by atoms with Gasteiger partial charge in [-0.25, -0.2) is 0 Å². The van der Waals surface area contributed by atoms with Crippen LogP contribution < -0.4 is 14.2 Å². The Morgan fingerprint density at radius 1 is 0.864 bits per heavy atom. The van der Waals surface area contributed by atoms with Crippen LogP contribution in [0, 0.1) is 0 Å². The molecule has 5 heteroatoms. The number of halogens is 1. The maximum atomic E-state index is 9.32. The monoisotopic (exact) mass is 322 g/mol. The minimum absolute atomic E-state index is 0.0489. The average Bonchev–Trinajstić information content (AvgIpc) is 2.52. The molecule has 0 aliphatic rings. The Morgan fingerprint density at radius 2 is 1.41 bits per heavy atom. The predicted octanol–water partition coefficient (Wildman–Crippen LogP) is 4.29. The number of ether oxygens (including phenoxy) is 3. The molecule has 2 aromatic rings. The van der Waals surface area contributed by atoms with E-state index in [2.05, 4.69) is 0 Å². The molecule has 4 nitrogen and oxygen atoms in total. The molecule has 1 N–H and O–H groups in total. The van der Waals surface area contributed by atoms with Crippen LogP contribution >= 0.6 is 11.6 Å². The molecule has 0 spiro atoms. The molecule has 0 aliphatic carbocycles. The van der Waals surface area contributed by atoms with Gasteiger partial charge in [0, 0.05) is 12.5 Å². The molecule has 0 heterocycles. The first kappa shape index (κ1) is 16.3. The number of aromatic hydroxyl groups is 1. The highest BCUT2D eigenvalue weighted by Gasteiger charge is 2.01. The largest absolute Gasteiger partial charge is 0.506 e. The fraction of sp³-hybridized carbons (Fsp3) is 0.294.